The molecular weight excluding hydrogens is 164 g/mol. The smallest absolute Gasteiger partial charge is 0.0661 e. The Hall–Kier alpha value is -0.800. The summed E-state index contributed by atoms with van der Waals surface area (Å²) in [6, 6.07) is 0.235. The average Bonchev–Trinajstić information content (AvgIpc) is 2.13. The predicted molar refractivity (Wildman–Crippen MR) is 56.4 cm³/mol. The molecule has 0 aromatic carbocycles. The molecule has 0 radical (unpaired) electrons. The van der Waals surface area contributed by atoms with Crippen LogP contribution in [0.1, 0.15) is 13.8 Å². The molecule has 3 nitrogen and oxygen atoms in total. The van der Waals surface area contributed by atoms with E-state index in [9.17, 15) is 0 Å². The van der Waals surface area contributed by atoms with Gasteiger partial charge in [-0.15, -0.1) is 6.58 Å². The monoisotopic (exact) mass is 184 g/mol. The van der Waals surface area contributed by atoms with Crippen LogP contribution in [0.15, 0.2) is 24.4 Å². The van der Waals surface area contributed by atoms with Gasteiger partial charge in [-0.3, -0.25) is 0 Å². The summed E-state index contributed by atoms with van der Waals surface area (Å²) in [5, 5.41) is 3.18. The van der Waals surface area contributed by atoms with Gasteiger partial charge in [0, 0.05) is 19.2 Å². The molecule has 3 heteroatoms. The van der Waals surface area contributed by atoms with Crippen molar-refractivity contribution < 1.29 is 4.74 Å². The van der Waals surface area contributed by atoms with Crippen molar-refractivity contribution >= 4 is 0 Å². The Morgan fingerprint density at radius 1 is 1.69 bits per heavy atom. The van der Waals surface area contributed by atoms with Crippen LogP contribution in [0, 0.1) is 0 Å². The van der Waals surface area contributed by atoms with E-state index in [-0.39, 0.29) is 6.04 Å². The average molecular weight is 184 g/mol. The van der Waals surface area contributed by atoms with Gasteiger partial charge in [0.2, 0.25) is 0 Å². The zero-order valence-electron chi connectivity index (χ0n) is 8.71. The fourth-order valence-electron chi connectivity index (χ4n) is 0.854. The molecule has 0 fully saturated rings. The quantitative estimate of drug-likeness (QED) is 0.606. The Labute approximate surface area is 80.6 Å². The van der Waals surface area contributed by atoms with Crippen molar-refractivity contribution in [1.29, 1.82) is 0 Å². The lowest BCUT2D eigenvalue weighted by molar-refractivity contribution is 0.177. The fourth-order valence-corrected chi connectivity index (χ4v) is 0.854. The van der Waals surface area contributed by atoms with Crippen molar-refractivity contribution in [3.05, 3.63) is 24.4 Å². The van der Waals surface area contributed by atoms with Crippen LogP contribution in [0.4, 0.5) is 0 Å². The van der Waals surface area contributed by atoms with Crippen molar-refractivity contribution in [2.45, 2.75) is 25.9 Å². The number of nitrogens with one attached hydrogen (secondary N) is 1. The molecular formula is C10H20N2O. The number of nitrogens with two attached hydrogens (primary N) is 1. The number of hydrogen-bond donors (Lipinski definition) is 2. The van der Waals surface area contributed by atoms with Gasteiger partial charge in [-0.25, -0.2) is 0 Å². The number of hydrogen-bond acceptors (Lipinski definition) is 3. The summed E-state index contributed by atoms with van der Waals surface area (Å²) in [6.45, 7) is 8.33. The molecule has 76 valence electrons. The summed E-state index contributed by atoms with van der Waals surface area (Å²) < 4.78 is 4.98. The molecule has 0 aliphatic carbocycles. The van der Waals surface area contributed by atoms with Gasteiger partial charge in [-0.05, 0) is 25.6 Å². The van der Waals surface area contributed by atoms with Crippen LogP contribution >= 0.6 is 0 Å². The topological polar surface area (TPSA) is 47.3 Å². The molecule has 2 atom stereocenters. The molecule has 0 heterocycles. The third-order valence-electron chi connectivity index (χ3n) is 1.79. The Balaban J connectivity index is 3.88. The predicted octanol–water partition coefficient (Wildman–Crippen LogP) is 1.03. The van der Waals surface area contributed by atoms with E-state index in [2.05, 4.69) is 11.9 Å². The van der Waals surface area contributed by atoms with E-state index >= 15 is 0 Å². The molecule has 0 aromatic heterocycles. The molecule has 1 unspecified atom stereocenters. The van der Waals surface area contributed by atoms with E-state index < -0.39 is 0 Å². The first-order chi connectivity index (χ1) is 6.11. The zero-order chi connectivity index (χ0) is 10.3. The molecule has 0 aliphatic rings. The van der Waals surface area contributed by atoms with Crippen LogP contribution in [0.5, 0.6) is 0 Å². The Morgan fingerprint density at radius 2 is 2.31 bits per heavy atom. The molecule has 0 rings (SSSR count). The largest absolute Gasteiger partial charge is 0.386 e. The van der Waals surface area contributed by atoms with E-state index in [1.807, 2.05) is 20.0 Å². The van der Waals surface area contributed by atoms with Gasteiger partial charge in [0.1, 0.15) is 0 Å². The highest BCUT2D eigenvalue weighted by Crippen LogP contribution is 1.97. The SMILES string of the molecule is C=CC(N)/C(C)=C/N[C@H](C)COC. The van der Waals surface area contributed by atoms with Crippen LogP contribution in [-0.2, 0) is 4.74 Å². The summed E-state index contributed by atoms with van der Waals surface area (Å²) >= 11 is 0. The molecule has 0 bridgehead atoms. The minimum atomic E-state index is -0.0674. The number of ether oxygens (including phenoxy) is 1. The number of rotatable bonds is 6. The van der Waals surface area contributed by atoms with Gasteiger partial charge in [-0.1, -0.05) is 6.08 Å². The van der Waals surface area contributed by atoms with E-state index in [4.69, 9.17) is 10.5 Å². The van der Waals surface area contributed by atoms with Gasteiger partial charge >= 0.3 is 0 Å². The molecule has 0 spiro atoms. The van der Waals surface area contributed by atoms with Crippen molar-refractivity contribution in [3.8, 4) is 0 Å². The van der Waals surface area contributed by atoms with Crippen LogP contribution < -0.4 is 11.1 Å². The minimum Gasteiger partial charge on any atom is -0.386 e. The van der Waals surface area contributed by atoms with Crippen LogP contribution in [0.3, 0.4) is 0 Å². The molecule has 0 saturated heterocycles. The highest BCUT2D eigenvalue weighted by Gasteiger charge is 2.00. The van der Waals surface area contributed by atoms with Crippen molar-refractivity contribution in [2.24, 2.45) is 5.73 Å². The molecule has 0 aliphatic heterocycles. The van der Waals surface area contributed by atoms with Gasteiger partial charge < -0.3 is 15.8 Å². The fraction of sp³-hybridized carbons (Fsp3) is 0.600. The normalized spacial score (nSPS) is 16.5. The summed E-state index contributed by atoms with van der Waals surface area (Å²) in [4.78, 5) is 0. The van der Waals surface area contributed by atoms with Crippen LogP contribution in [0.25, 0.3) is 0 Å². The third kappa shape index (κ3) is 5.44. The Kier molecular flexibility index (Phi) is 6.28. The van der Waals surface area contributed by atoms with E-state index in [0.29, 0.717) is 12.6 Å². The van der Waals surface area contributed by atoms with Crippen LogP contribution in [-0.4, -0.2) is 25.8 Å². The molecule has 0 aromatic rings. The highest BCUT2D eigenvalue weighted by atomic mass is 16.5. The second-order valence-electron chi connectivity index (χ2n) is 3.17. The molecule has 13 heavy (non-hydrogen) atoms. The molecule has 3 N–H and O–H groups in total. The Bertz CT molecular complexity index is 178. The van der Waals surface area contributed by atoms with Crippen molar-refractivity contribution in [2.75, 3.05) is 13.7 Å². The van der Waals surface area contributed by atoms with Crippen LogP contribution in [0.2, 0.25) is 0 Å². The first kappa shape index (κ1) is 12.2. The highest BCUT2D eigenvalue weighted by molar-refractivity contribution is 5.12. The second kappa shape index (κ2) is 6.69. The van der Waals surface area contributed by atoms with Gasteiger partial charge in [-0.2, -0.15) is 0 Å². The lowest BCUT2D eigenvalue weighted by atomic mass is 10.1. The van der Waals surface area contributed by atoms with Crippen molar-refractivity contribution in [1.82, 2.24) is 5.32 Å². The molecule has 0 saturated carbocycles. The summed E-state index contributed by atoms with van der Waals surface area (Å²) in [7, 11) is 1.68. The summed E-state index contributed by atoms with van der Waals surface area (Å²) in [6.07, 6.45) is 3.63. The minimum absolute atomic E-state index is 0.0674. The first-order valence-corrected chi connectivity index (χ1v) is 4.41. The van der Waals surface area contributed by atoms with Gasteiger partial charge in [0.05, 0.1) is 6.61 Å². The maximum Gasteiger partial charge on any atom is 0.0661 e. The van der Waals surface area contributed by atoms with E-state index in [1.165, 1.54) is 0 Å². The van der Waals surface area contributed by atoms with Crippen molar-refractivity contribution in [3.63, 3.8) is 0 Å². The van der Waals surface area contributed by atoms with E-state index in [1.54, 1.807) is 13.2 Å². The standard InChI is InChI=1S/C10H20N2O/c1-5-10(11)8(2)6-12-9(3)7-13-4/h5-6,9-10,12H,1,7,11H2,2-4H3/b8-6+/t9-,10?/m1/s1. The Morgan fingerprint density at radius 3 is 2.77 bits per heavy atom. The third-order valence-corrected chi connectivity index (χ3v) is 1.79. The molecule has 0 amide bonds. The lowest BCUT2D eigenvalue weighted by Crippen LogP contribution is -2.27. The van der Waals surface area contributed by atoms with E-state index in [0.717, 1.165) is 5.57 Å². The van der Waals surface area contributed by atoms with Gasteiger partial charge in [0.15, 0.2) is 0 Å². The maximum absolute atomic E-state index is 5.72. The summed E-state index contributed by atoms with van der Waals surface area (Å²) in [5.74, 6) is 0. The van der Waals surface area contributed by atoms with Gasteiger partial charge in [0.25, 0.3) is 0 Å². The number of methoxy groups -OCH3 is 1. The maximum atomic E-state index is 5.72. The second-order valence-corrected chi connectivity index (χ2v) is 3.17. The summed E-state index contributed by atoms with van der Waals surface area (Å²) in [5.41, 5.74) is 6.79. The zero-order valence-corrected chi connectivity index (χ0v) is 8.71. The first-order valence-electron chi connectivity index (χ1n) is 4.41. The lowest BCUT2D eigenvalue weighted by Gasteiger charge is -2.13.